The molecule has 1 aromatic heterocycles. The van der Waals surface area contributed by atoms with E-state index in [1.54, 1.807) is 29.8 Å². The zero-order valence-electron chi connectivity index (χ0n) is 10.7. The van der Waals surface area contributed by atoms with Crippen molar-refractivity contribution in [3.05, 3.63) is 41.7 Å². The van der Waals surface area contributed by atoms with Crippen molar-refractivity contribution in [2.45, 2.75) is 6.92 Å². The summed E-state index contributed by atoms with van der Waals surface area (Å²) in [7, 11) is 1.77. The van der Waals surface area contributed by atoms with Crippen molar-refractivity contribution in [2.24, 2.45) is 7.05 Å². The van der Waals surface area contributed by atoms with Crippen molar-refractivity contribution in [1.29, 1.82) is 5.26 Å². The van der Waals surface area contributed by atoms with Gasteiger partial charge in [0.05, 0.1) is 5.69 Å². The predicted molar refractivity (Wildman–Crippen MR) is 71.2 cm³/mol. The Hall–Kier alpha value is -2.74. The smallest absolute Gasteiger partial charge is 0.218 e. The maximum Gasteiger partial charge on any atom is 0.218 e. The summed E-state index contributed by atoms with van der Waals surface area (Å²) in [5.74, 6) is 0.136. The molecule has 1 aromatic carbocycles. The number of carbonyl (C=O) groups is 1. The average Bonchev–Trinajstić information content (AvgIpc) is 2.70. The van der Waals surface area contributed by atoms with E-state index in [1.165, 1.54) is 17.0 Å². The van der Waals surface area contributed by atoms with E-state index in [-0.39, 0.29) is 5.75 Å². The Morgan fingerprint density at radius 1 is 1.37 bits per heavy atom. The minimum atomic E-state index is 0.136. The van der Waals surface area contributed by atoms with Crippen LogP contribution in [0.5, 0.6) is 5.75 Å². The number of nitrogens with zero attached hydrogens (tertiary/aromatic N) is 3. The van der Waals surface area contributed by atoms with E-state index in [2.05, 4.69) is 6.07 Å². The van der Waals surface area contributed by atoms with Crippen molar-refractivity contribution in [1.82, 2.24) is 4.57 Å². The first kappa shape index (κ1) is 12.7. The molecule has 0 aliphatic heterocycles. The fourth-order valence-corrected chi connectivity index (χ4v) is 1.90. The van der Waals surface area contributed by atoms with Crippen LogP contribution < -0.4 is 4.90 Å². The number of benzene rings is 1. The van der Waals surface area contributed by atoms with E-state index >= 15 is 0 Å². The van der Waals surface area contributed by atoms with Crippen molar-refractivity contribution in [3.63, 3.8) is 0 Å². The van der Waals surface area contributed by atoms with E-state index in [0.29, 0.717) is 23.5 Å². The molecule has 1 N–H and O–H groups in total. The van der Waals surface area contributed by atoms with Gasteiger partial charge >= 0.3 is 0 Å². The second kappa shape index (κ2) is 4.86. The number of hydrogen-bond acceptors (Lipinski definition) is 3. The van der Waals surface area contributed by atoms with Crippen LogP contribution >= 0.6 is 0 Å². The van der Waals surface area contributed by atoms with Gasteiger partial charge in [-0.1, -0.05) is 0 Å². The number of aromatic nitrogens is 1. The van der Waals surface area contributed by atoms with Crippen molar-refractivity contribution in [2.75, 3.05) is 4.90 Å². The van der Waals surface area contributed by atoms with Gasteiger partial charge < -0.3 is 9.67 Å². The van der Waals surface area contributed by atoms with Crippen LogP contribution in [0.1, 0.15) is 11.4 Å². The van der Waals surface area contributed by atoms with E-state index < -0.39 is 0 Å². The molecule has 0 aliphatic rings. The van der Waals surface area contributed by atoms with Crippen LogP contribution in [0.3, 0.4) is 0 Å². The number of rotatable bonds is 3. The SMILES string of the molecule is Cc1c(N(C=O)c2ccc(O)cc2)cc(C#N)n1C. The molecule has 0 unspecified atom stereocenters. The molecule has 0 bridgehead atoms. The molecule has 96 valence electrons. The molecule has 0 aliphatic carbocycles. The van der Waals surface area contributed by atoms with E-state index in [1.807, 2.05) is 6.92 Å². The first-order valence-electron chi connectivity index (χ1n) is 5.68. The number of phenols is 1. The van der Waals surface area contributed by atoms with Crippen LogP contribution in [0.15, 0.2) is 30.3 Å². The first-order valence-corrected chi connectivity index (χ1v) is 5.68. The predicted octanol–water partition coefficient (Wildman–Crippen LogP) is 2.21. The fourth-order valence-electron chi connectivity index (χ4n) is 1.90. The summed E-state index contributed by atoms with van der Waals surface area (Å²) in [5.41, 5.74) is 2.58. The van der Waals surface area contributed by atoms with Gasteiger partial charge in [-0.2, -0.15) is 5.26 Å². The summed E-state index contributed by atoms with van der Waals surface area (Å²) >= 11 is 0. The highest BCUT2D eigenvalue weighted by atomic mass is 16.3. The van der Waals surface area contributed by atoms with Gasteiger partial charge in [-0.25, -0.2) is 0 Å². The topological polar surface area (TPSA) is 69.3 Å². The molecule has 5 nitrogen and oxygen atoms in total. The molecular weight excluding hydrogens is 242 g/mol. The number of aromatic hydroxyl groups is 1. The minimum Gasteiger partial charge on any atom is -0.508 e. The molecule has 0 saturated carbocycles. The number of phenolic OH excluding ortho intramolecular Hbond substituents is 1. The number of amides is 1. The van der Waals surface area contributed by atoms with Crippen LogP contribution in [0.25, 0.3) is 0 Å². The Labute approximate surface area is 110 Å². The zero-order chi connectivity index (χ0) is 14.0. The monoisotopic (exact) mass is 255 g/mol. The van der Waals surface area contributed by atoms with Gasteiger partial charge in [-0.3, -0.25) is 9.69 Å². The number of anilines is 2. The van der Waals surface area contributed by atoms with E-state index in [0.717, 1.165) is 5.69 Å². The molecule has 0 saturated heterocycles. The van der Waals surface area contributed by atoms with Gasteiger partial charge in [0, 0.05) is 18.4 Å². The summed E-state index contributed by atoms with van der Waals surface area (Å²) in [6, 6.07) is 10.0. The third-order valence-electron chi connectivity index (χ3n) is 3.12. The van der Waals surface area contributed by atoms with Crippen LogP contribution in [-0.4, -0.2) is 16.1 Å². The Kier molecular flexibility index (Phi) is 3.25. The summed E-state index contributed by atoms with van der Waals surface area (Å²) in [5, 5.41) is 18.3. The third-order valence-corrected chi connectivity index (χ3v) is 3.12. The second-order valence-corrected chi connectivity index (χ2v) is 4.16. The van der Waals surface area contributed by atoms with E-state index in [4.69, 9.17) is 5.26 Å². The highest BCUT2D eigenvalue weighted by molar-refractivity contribution is 5.88. The zero-order valence-corrected chi connectivity index (χ0v) is 10.7. The molecule has 19 heavy (non-hydrogen) atoms. The van der Waals surface area contributed by atoms with Crippen molar-refractivity contribution < 1.29 is 9.90 Å². The van der Waals surface area contributed by atoms with Gasteiger partial charge in [0.2, 0.25) is 6.41 Å². The molecule has 0 spiro atoms. The normalized spacial score (nSPS) is 9.95. The molecule has 1 amide bonds. The lowest BCUT2D eigenvalue weighted by Gasteiger charge is -2.17. The molecular formula is C14H13N3O2. The molecule has 5 heteroatoms. The molecule has 1 heterocycles. The third kappa shape index (κ3) is 2.16. The second-order valence-electron chi connectivity index (χ2n) is 4.16. The standard InChI is InChI=1S/C14H13N3O2/c1-10-14(7-12(8-15)16(10)2)17(9-18)11-3-5-13(19)6-4-11/h3-7,9,19H,1-2H3. The van der Waals surface area contributed by atoms with Gasteiger partial charge in [-0.15, -0.1) is 0 Å². The summed E-state index contributed by atoms with van der Waals surface area (Å²) in [6.07, 6.45) is 0.690. The van der Waals surface area contributed by atoms with Crippen LogP contribution in [0.4, 0.5) is 11.4 Å². The maximum atomic E-state index is 11.3. The number of hydrogen-bond donors (Lipinski definition) is 1. The van der Waals surface area contributed by atoms with Gasteiger partial charge in [-0.05, 0) is 37.3 Å². The lowest BCUT2D eigenvalue weighted by Crippen LogP contribution is -2.14. The molecule has 2 rings (SSSR count). The van der Waals surface area contributed by atoms with Crippen LogP contribution in [-0.2, 0) is 11.8 Å². The lowest BCUT2D eigenvalue weighted by atomic mass is 10.2. The molecule has 0 fully saturated rings. The lowest BCUT2D eigenvalue weighted by molar-refractivity contribution is -0.106. The summed E-state index contributed by atoms with van der Waals surface area (Å²) in [6.45, 7) is 1.84. The molecule has 0 radical (unpaired) electrons. The molecule has 2 aromatic rings. The van der Waals surface area contributed by atoms with E-state index in [9.17, 15) is 9.90 Å². The fraction of sp³-hybridized carbons (Fsp3) is 0.143. The Morgan fingerprint density at radius 3 is 2.47 bits per heavy atom. The van der Waals surface area contributed by atoms with Crippen LogP contribution in [0, 0.1) is 18.3 Å². The Balaban J connectivity index is 2.52. The van der Waals surface area contributed by atoms with Crippen LogP contribution in [0.2, 0.25) is 0 Å². The van der Waals surface area contributed by atoms with Crippen molar-refractivity contribution >= 4 is 17.8 Å². The highest BCUT2D eigenvalue weighted by Crippen LogP contribution is 2.30. The summed E-state index contributed by atoms with van der Waals surface area (Å²) < 4.78 is 1.73. The average molecular weight is 255 g/mol. The molecule has 0 atom stereocenters. The quantitative estimate of drug-likeness (QED) is 0.855. The highest BCUT2D eigenvalue weighted by Gasteiger charge is 2.16. The first-order chi connectivity index (χ1) is 9.08. The summed E-state index contributed by atoms with van der Waals surface area (Å²) in [4.78, 5) is 12.8. The largest absolute Gasteiger partial charge is 0.508 e. The number of carbonyl (C=O) groups excluding carboxylic acids is 1. The van der Waals surface area contributed by atoms with Gasteiger partial charge in [0.15, 0.2) is 0 Å². The minimum absolute atomic E-state index is 0.136. The van der Waals surface area contributed by atoms with Gasteiger partial charge in [0.1, 0.15) is 17.5 Å². The maximum absolute atomic E-state index is 11.3. The Bertz CT molecular complexity index is 651. The Morgan fingerprint density at radius 2 is 2.00 bits per heavy atom. The number of nitriles is 1. The van der Waals surface area contributed by atoms with Gasteiger partial charge in [0.25, 0.3) is 0 Å². The van der Waals surface area contributed by atoms with Crippen molar-refractivity contribution in [3.8, 4) is 11.8 Å².